The molecule has 4 rings (SSSR count). The van der Waals surface area contributed by atoms with E-state index in [9.17, 15) is 24.6 Å². The Hall–Kier alpha value is -2.77. The lowest BCUT2D eigenvalue weighted by atomic mass is 9.79. The predicted octanol–water partition coefficient (Wildman–Crippen LogP) is 0.189. The van der Waals surface area contributed by atoms with Crippen LogP contribution in [-0.4, -0.2) is 40.1 Å². The molecule has 0 radical (unpaired) electrons. The van der Waals surface area contributed by atoms with Gasteiger partial charge in [0.05, 0.1) is 18.4 Å². The molecular formula is C18H16N2O5. The molecule has 4 unspecified atom stereocenters. The lowest BCUT2D eigenvalue weighted by molar-refractivity contribution is -0.151. The number of carbonyl (C=O) groups is 3. The van der Waals surface area contributed by atoms with E-state index in [0.29, 0.717) is 0 Å². The fourth-order valence-electron chi connectivity index (χ4n) is 4.13. The van der Waals surface area contributed by atoms with E-state index in [1.165, 1.54) is 0 Å². The molecule has 0 aromatic heterocycles. The van der Waals surface area contributed by atoms with Gasteiger partial charge in [-0.2, -0.15) is 0 Å². The Morgan fingerprint density at radius 1 is 1.08 bits per heavy atom. The lowest BCUT2D eigenvalue weighted by Crippen LogP contribution is -2.58. The van der Waals surface area contributed by atoms with Crippen LogP contribution in [0, 0.1) is 11.8 Å². The van der Waals surface area contributed by atoms with E-state index in [4.69, 9.17) is 0 Å². The molecule has 2 saturated heterocycles. The van der Waals surface area contributed by atoms with Crippen molar-refractivity contribution < 1.29 is 24.6 Å². The number of hydrogen-bond donors (Lipinski definition) is 4. The summed E-state index contributed by atoms with van der Waals surface area (Å²) >= 11 is 0. The van der Waals surface area contributed by atoms with Gasteiger partial charge < -0.3 is 10.2 Å². The first kappa shape index (κ1) is 15.7. The Bertz CT molecular complexity index is 906. The highest BCUT2D eigenvalue weighted by Crippen LogP contribution is 2.47. The largest absolute Gasteiger partial charge is 0.480 e. The van der Waals surface area contributed by atoms with Crippen LogP contribution >= 0.6 is 0 Å². The first-order chi connectivity index (χ1) is 12.0. The summed E-state index contributed by atoms with van der Waals surface area (Å²) in [5, 5.41) is 26.4. The van der Waals surface area contributed by atoms with Gasteiger partial charge in [-0.1, -0.05) is 42.5 Å². The molecule has 7 nitrogen and oxygen atoms in total. The van der Waals surface area contributed by atoms with E-state index < -0.39 is 47.8 Å². The summed E-state index contributed by atoms with van der Waals surface area (Å²) in [4.78, 5) is 36.5. The minimum absolute atomic E-state index is 0.517. The third-order valence-electron chi connectivity index (χ3n) is 5.28. The van der Waals surface area contributed by atoms with Crippen molar-refractivity contribution in [3.8, 4) is 0 Å². The van der Waals surface area contributed by atoms with E-state index in [0.717, 1.165) is 16.3 Å². The van der Waals surface area contributed by atoms with E-state index in [2.05, 4.69) is 10.6 Å². The number of aliphatic hydroxyl groups excluding tert-OH is 1. The SMILES string of the molecule is O=C1NC(=O)C2C1C(c1cccc3ccccc13)NC2(CO)C(=O)O. The van der Waals surface area contributed by atoms with Gasteiger partial charge in [0.2, 0.25) is 11.8 Å². The Balaban J connectivity index is 1.92. The van der Waals surface area contributed by atoms with Gasteiger partial charge in [0, 0.05) is 6.04 Å². The first-order valence-electron chi connectivity index (χ1n) is 7.94. The van der Waals surface area contributed by atoms with Gasteiger partial charge in [0.15, 0.2) is 5.54 Å². The van der Waals surface area contributed by atoms with E-state index in [-0.39, 0.29) is 0 Å². The highest BCUT2D eigenvalue weighted by molar-refractivity contribution is 6.09. The summed E-state index contributed by atoms with van der Waals surface area (Å²) in [6, 6.07) is 12.4. The van der Waals surface area contributed by atoms with E-state index in [1.807, 2.05) is 42.5 Å². The highest BCUT2D eigenvalue weighted by atomic mass is 16.4. The summed E-state index contributed by atoms with van der Waals surface area (Å²) in [7, 11) is 0. The maximum absolute atomic E-state index is 12.4. The number of nitrogens with one attached hydrogen (secondary N) is 2. The molecule has 2 amide bonds. The number of imide groups is 1. The van der Waals surface area contributed by atoms with Crippen LogP contribution in [0.1, 0.15) is 11.6 Å². The van der Waals surface area contributed by atoms with Crippen LogP contribution in [0.15, 0.2) is 42.5 Å². The molecule has 0 aliphatic carbocycles. The van der Waals surface area contributed by atoms with Gasteiger partial charge in [-0.3, -0.25) is 25.0 Å². The number of carbonyl (C=O) groups excluding carboxylic acids is 2. The van der Waals surface area contributed by atoms with Crippen LogP contribution < -0.4 is 10.6 Å². The number of hydrogen-bond acceptors (Lipinski definition) is 5. The van der Waals surface area contributed by atoms with Gasteiger partial charge in [0.25, 0.3) is 0 Å². The van der Waals surface area contributed by atoms with Crippen molar-refractivity contribution in [2.45, 2.75) is 11.6 Å². The Kier molecular flexibility index (Phi) is 3.38. The molecule has 128 valence electrons. The topological polar surface area (TPSA) is 116 Å². The summed E-state index contributed by atoms with van der Waals surface area (Å²) in [5.74, 6) is -4.58. The number of amides is 2. The monoisotopic (exact) mass is 340 g/mol. The molecule has 4 atom stereocenters. The normalized spacial score (nSPS) is 31.2. The van der Waals surface area contributed by atoms with Crippen LogP contribution in [0.4, 0.5) is 0 Å². The Labute approximate surface area is 142 Å². The predicted molar refractivity (Wildman–Crippen MR) is 87.4 cm³/mol. The van der Waals surface area contributed by atoms with Crippen LogP contribution in [0.2, 0.25) is 0 Å². The minimum atomic E-state index is -1.89. The second-order valence-corrected chi connectivity index (χ2v) is 6.48. The summed E-state index contributed by atoms with van der Waals surface area (Å²) in [6.45, 7) is -0.786. The molecule has 0 saturated carbocycles. The number of fused-ring (bicyclic) bond motifs is 2. The molecule has 2 aliphatic rings. The zero-order valence-electron chi connectivity index (χ0n) is 13.1. The average molecular weight is 340 g/mol. The van der Waals surface area contributed by atoms with Gasteiger partial charge in [0.1, 0.15) is 0 Å². The number of carboxylic acid groups (broad SMARTS) is 1. The number of rotatable bonds is 3. The van der Waals surface area contributed by atoms with Crippen molar-refractivity contribution in [3.63, 3.8) is 0 Å². The van der Waals surface area contributed by atoms with Crippen molar-refractivity contribution in [3.05, 3.63) is 48.0 Å². The molecule has 25 heavy (non-hydrogen) atoms. The minimum Gasteiger partial charge on any atom is -0.480 e. The Morgan fingerprint density at radius 2 is 1.80 bits per heavy atom. The average Bonchev–Trinajstić information content (AvgIpc) is 3.11. The zero-order chi connectivity index (χ0) is 17.8. The van der Waals surface area contributed by atoms with Crippen LogP contribution in [-0.2, 0) is 14.4 Å². The highest BCUT2D eigenvalue weighted by Gasteiger charge is 2.66. The van der Waals surface area contributed by atoms with E-state index in [1.54, 1.807) is 0 Å². The smallest absolute Gasteiger partial charge is 0.327 e. The van der Waals surface area contributed by atoms with Crippen LogP contribution in [0.5, 0.6) is 0 Å². The summed E-state index contributed by atoms with van der Waals surface area (Å²) in [5.41, 5.74) is -1.16. The van der Waals surface area contributed by atoms with Gasteiger partial charge >= 0.3 is 5.97 Å². The fourth-order valence-corrected chi connectivity index (χ4v) is 4.13. The molecule has 2 aromatic carbocycles. The molecular weight excluding hydrogens is 324 g/mol. The number of aliphatic carboxylic acids is 1. The molecule has 4 N–H and O–H groups in total. The number of benzene rings is 2. The fraction of sp³-hybridized carbons (Fsp3) is 0.278. The maximum atomic E-state index is 12.4. The van der Waals surface area contributed by atoms with Crippen molar-refractivity contribution >= 4 is 28.6 Å². The molecule has 2 aromatic rings. The number of carboxylic acids is 1. The molecule has 0 spiro atoms. The maximum Gasteiger partial charge on any atom is 0.327 e. The standard InChI is InChI=1S/C18H16N2O5/c21-8-18(17(24)25)13-12(15(22)19-16(13)23)14(20-18)11-7-3-5-9-4-1-2-6-10(9)11/h1-7,12-14,20-21H,8H2,(H,24,25)(H,19,22,23). The van der Waals surface area contributed by atoms with Crippen molar-refractivity contribution in [2.24, 2.45) is 11.8 Å². The molecule has 0 bridgehead atoms. The van der Waals surface area contributed by atoms with E-state index >= 15 is 0 Å². The van der Waals surface area contributed by atoms with Gasteiger partial charge in [-0.05, 0) is 16.3 Å². The molecule has 2 heterocycles. The summed E-state index contributed by atoms with van der Waals surface area (Å²) < 4.78 is 0. The summed E-state index contributed by atoms with van der Waals surface area (Å²) in [6.07, 6.45) is 0. The zero-order valence-corrected chi connectivity index (χ0v) is 13.1. The second-order valence-electron chi connectivity index (χ2n) is 6.48. The quantitative estimate of drug-likeness (QED) is 0.593. The van der Waals surface area contributed by atoms with Crippen LogP contribution in [0.3, 0.4) is 0 Å². The molecule has 7 heteroatoms. The Morgan fingerprint density at radius 3 is 2.52 bits per heavy atom. The molecule has 2 aliphatic heterocycles. The lowest BCUT2D eigenvalue weighted by Gasteiger charge is -2.27. The van der Waals surface area contributed by atoms with Gasteiger partial charge in [-0.15, -0.1) is 0 Å². The first-order valence-corrected chi connectivity index (χ1v) is 7.94. The molecule has 2 fully saturated rings. The van der Waals surface area contributed by atoms with Crippen molar-refractivity contribution in [1.82, 2.24) is 10.6 Å². The van der Waals surface area contributed by atoms with Crippen LogP contribution in [0.25, 0.3) is 10.8 Å². The third-order valence-corrected chi connectivity index (χ3v) is 5.28. The second kappa shape index (κ2) is 5.37. The number of aliphatic hydroxyl groups is 1. The van der Waals surface area contributed by atoms with Crippen molar-refractivity contribution in [1.29, 1.82) is 0 Å². The van der Waals surface area contributed by atoms with Gasteiger partial charge in [-0.25, -0.2) is 0 Å². The van der Waals surface area contributed by atoms with Crippen molar-refractivity contribution in [2.75, 3.05) is 6.61 Å². The third kappa shape index (κ3) is 2.03.